The molecule has 3 atom stereocenters. The Morgan fingerprint density at radius 2 is 1.18 bits per heavy atom. The van der Waals surface area contributed by atoms with E-state index in [1.807, 2.05) is 22.7 Å². The van der Waals surface area contributed by atoms with Crippen molar-refractivity contribution in [3.8, 4) is 16.8 Å². The average molecular weight is 946 g/mol. The van der Waals surface area contributed by atoms with Gasteiger partial charge in [-0.1, -0.05) is 153 Å². The second-order valence-electron chi connectivity index (χ2n) is 19.9. The normalized spacial score (nSPS) is 17.5. The van der Waals surface area contributed by atoms with Gasteiger partial charge in [-0.2, -0.15) is 0 Å². The minimum absolute atomic E-state index is 0.0104. The highest BCUT2D eigenvalue weighted by atomic mass is 32.1. The predicted molar refractivity (Wildman–Crippen MR) is 306 cm³/mol. The Hall–Kier alpha value is -7.70. The molecule has 1 aliphatic heterocycles. The van der Waals surface area contributed by atoms with Crippen molar-refractivity contribution in [3.05, 3.63) is 222 Å². The van der Waals surface area contributed by atoms with E-state index in [9.17, 15) is 0 Å². The van der Waals surface area contributed by atoms with E-state index < -0.39 is 0 Å². The number of nitrogens with zero attached hydrogens (tertiary/aromatic N) is 3. The van der Waals surface area contributed by atoms with Crippen LogP contribution in [-0.4, -0.2) is 16.1 Å². The van der Waals surface area contributed by atoms with E-state index in [1.165, 1.54) is 123 Å². The van der Waals surface area contributed by atoms with Gasteiger partial charge in [-0.3, -0.25) is 4.99 Å². The molecule has 2 aliphatic rings. The molecule has 4 heterocycles. The number of aliphatic imine (C=N–C) groups is 2. The molecule has 0 saturated carbocycles. The van der Waals surface area contributed by atoms with Crippen LogP contribution in [0.4, 0.5) is 0 Å². The van der Waals surface area contributed by atoms with Crippen molar-refractivity contribution in [1.29, 1.82) is 0 Å². The van der Waals surface area contributed by atoms with E-state index in [-0.39, 0.29) is 17.9 Å². The first-order valence-corrected chi connectivity index (χ1v) is 26.8. The van der Waals surface area contributed by atoms with Crippen LogP contribution in [0.1, 0.15) is 60.4 Å². The maximum atomic E-state index is 6.01. The molecule has 3 nitrogen and oxygen atoms in total. The third-order valence-electron chi connectivity index (χ3n) is 15.9. The third-order valence-corrected chi connectivity index (χ3v) is 18.2. The monoisotopic (exact) mass is 945 g/mol. The Balaban J connectivity index is 0.993. The van der Waals surface area contributed by atoms with Crippen molar-refractivity contribution < 1.29 is 0 Å². The quantitative estimate of drug-likeness (QED) is 0.168. The largest absolute Gasteiger partial charge is 0.308 e. The Kier molecular flexibility index (Phi) is 9.37. The van der Waals surface area contributed by atoms with Crippen LogP contribution in [0.15, 0.2) is 210 Å². The lowest BCUT2D eigenvalue weighted by Gasteiger charge is -2.28. The van der Waals surface area contributed by atoms with E-state index in [0.29, 0.717) is 0 Å². The number of thiophene rings is 2. The van der Waals surface area contributed by atoms with Crippen molar-refractivity contribution in [3.63, 3.8) is 0 Å². The van der Waals surface area contributed by atoms with Crippen molar-refractivity contribution in [1.82, 2.24) is 4.57 Å². The highest BCUT2D eigenvalue weighted by Gasteiger charge is 2.31. The first-order valence-electron chi connectivity index (χ1n) is 25.1. The fraction of sp³-hybridized carbons (Fsp3) is 0.121. The molecule has 0 bridgehead atoms. The molecule has 0 N–H and O–H groups in total. The molecular weight excluding hydrogens is 899 g/mol. The second kappa shape index (κ2) is 16.2. The van der Waals surface area contributed by atoms with Crippen LogP contribution < -0.4 is 0 Å². The number of benzene rings is 10. The van der Waals surface area contributed by atoms with Crippen LogP contribution in [0.2, 0.25) is 0 Å². The Morgan fingerprint density at radius 1 is 0.493 bits per heavy atom. The van der Waals surface area contributed by atoms with Crippen LogP contribution in [0.3, 0.4) is 0 Å². The molecule has 5 heteroatoms. The predicted octanol–water partition coefficient (Wildman–Crippen LogP) is 18.6. The number of amidine groups is 1. The van der Waals surface area contributed by atoms with Gasteiger partial charge in [0, 0.05) is 58.0 Å². The number of aromatic nitrogens is 1. The van der Waals surface area contributed by atoms with E-state index in [4.69, 9.17) is 9.98 Å². The molecule has 0 spiro atoms. The average Bonchev–Trinajstić information content (AvgIpc) is 4.05. The molecule has 0 fully saturated rings. The van der Waals surface area contributed by atoms with Crippen LogP contribution >= 0.6 is 22.7 Å². The fourth-order valence-corrected chi connectivity index (χ4v) is 14.6. The van der Waals surface area contributed by atoms with Gasteiger partial charge < -0.3 is 4.57 Å². The van der Waals surface area contributed by atoms with Crippen LogP contribution in [0.5, 0.6) is 0 Å². The Labute approximate surface area is 419 Å². The zero-order chi connectivity index (χ0) is 46.7. The minimum atomic E-state index is -0.0442. The molecule has 3 aromatic heterocycles. The number of fused-ring (bicyclic) bond motifs is 15. The Morgan fingerprint density at radius 3 is 2.04 bits per heavy atom. The van der Waals surface area contributed by atoms with Gasteiger partial charge in [0.2, 0.25) is 0 Å². The lowest BCUT2D eigenvalue weighted by Crippen LogP contribution is -2.21. The second-order valence-corrected chi connectivity index (χ2v) is 22.0. The molecule has 13 aromatic rings. The summed E-state index contributed by atoms with van der Waals surface area (Å²) in [7, 11) is 0. The highest BCUT2D eigenvalue weighted by Crippen LogP contribution is 2.47. The number of hydrogen-bond donors (Lipinski definition) is 0. The maximum Gasteiger partial charge on any atom is 0.131 e. The van der Waals surface area contributed by atoms with E-state index in [0.717, 1.165) is 37.2 Å². The summed E-state index contributed by atoms with van der Waals surface area (Å²) in [5, 5.41) is 12.8. The summed E-state index contributed by atoms with van der Waals surface area (Å²) in [4.78, 5) is 12.0. The Bertz CT molecular complexity index is 4410. The fourth-order valence-electron chi connectivity index (χ4n) is 12.4. The van der Waals surface area contributed by atoms with Gasteiger partial charge in [0.25, 0.3) is 0 Å². The SMILES string of the molecule is CC1CCC(c2cc(-n3c4cc5ccccc5cc4c4c5ccccc5ccc43)c3sc4ccccc4c3c2)=NC(C2CCc3ccccc3-c3ccccc32)=NC1c1ccc2sc3ccccc3c2c1. The lowest BCUT2D eigenvalue weighted by atomic mass is 9.86. The van der Waals surface area contributed by atoms with E-state index >= 15 is 0 Å². The summed E-state index contributed by atoms with van der Waals surface area (Å²) in [5.41, 5.74) is 12.5. The first kappa shape index (κ1) is 41.1. The van der Waals surface area contributed by atoms with Crippen molar-refractivity contribution in [2.45, 2.75) is 44.6 Å². The van der Waals surface area contributed by atoms with Gasteiger partial charge >= 0.3 is 0 Å². The minimum Gasteiger partial charge on any atom is -0.308 e. The van der Waals surface area contributed by atoms with Gasteiger partial charge in [-0.05, 0) is 141 Å². The molecular formula is C66H47N3S2. The number of aryl methyl sites for hydroxylation is 1. The standard InChI is InChI=1S/C66H47N3S2/c1-39-26-31-56(67-66(52-30-27-40-14-4-6-18-46(40)48-20-8-9-21-49(48)52)68-64(39)44-29-33-62-53(35-44)50-22-10-12-24-60(50)70-62)45-36-54-51-23-11-13-25-61(51)71-65(54)59(38-45)69-57-32-28-41-15-5-7-19-47(41)63(57)55-34-42-16-2-3-17-43(42)37-58(55)69/h2-25,28-29,32-39,52,64H,26-27,30-31H2,1H3. The van der Waals surface area contributed by atoms with Gasteiger partial charge in [-0.15, -0.1) is 22.7 Å². The zero-order valence-corrected chi connectivity index (χ0v) is 40.9. The van der Waals surface area contributed by atoms with Crippen molar-refractivity contribution >= 4 is 118 Å². The lowest BCUT2D eigenvalue weighted by molar-refractivity contribution is 0.444. The van der Waals surface area contributed by atoms with Crippen molar-refractivity contribution in [2.24, 2.45) is 15.9 Å². The topological polar surface area (TPSA) is 29.6 Å². The number of hydrogen-bond acceptors (Lipinski definition) is 4. The zero-order valence-electron chi connectivity index (χ0n) is 39.3. The van der Waals surface area contributed by atoms with Gasteiger partial charge in [0.05, 0.1) is 27.5 Å². The maximum absolute atomic E-state index is 6.01. The van der Waals surface area contributed by atoms with Gasteiger partial charge in [0.15, 0.2) is 0 Å². The smallest absolute Gasteiger partial charge is 0.131 e. The van der Waals surface area contributed by atoms with Crippen molar-refractivity contribution in [2.75, 3.05) is 0 Å². The summed E-state index contributed by atoms with van der Waals surface area (Å²) >= 11 is 3.78. The van der Waals surface area contributed by atoms with E-state index in [2.05, 4.69) is 212 Å². The van der Waals surface area contributed by atoms with Gasteiger partial charge in [-0.25, -0.2) is 4.99 Å². The summed E-state index contributed by atoms with van der Waals surface area (Å²) < 4.78 is 7.81. The molecule has 71 heavy (non-hydrogen) atoms. The molecule has 0 saturated heterocycles. The van der Waals surface area contributed by atoms with Crippen LogP contribution in [0, 0.1) is 5.92 Å². The number of rotatable bonds is 4. The molecule has 15 rings (SSSR count). The summed E-state index contributed by atoms with van der Waals surface area (Å²) in [6, 6.07) is 75.1. The molecule has 3 unspecified atom stereocenters. The third kappa shape index (κ3) is 6.53. The molecule has 0 amide bonds. The summed E-state index contributed by atoms with van der Waals surface area (Å²) in [6.45, 7) is 2.43. The van der Waals surface area contributed by atoms with Crippen LogP contribution in [-0.2, 0) is 6.42 Å². The van der Waals surface area contributed by atoms with Crippen LogP contribution in [0.25, 0.3) is 101 Å². The molecule has 1 aliphatic carbocycles. The first-order chi connectivity index (χ1) is 35.1. The molecule has 0 radical (unpaired) electrons. The summed E-state index contributed by atoms with van der Waals surface area (Å²) in [5.74, 6) is 1.22. The highest BCUT2D eigenvalue weighted by molar-refractivity contribution is 7.26. The van der Waals surface area contributed by atoms with Gasteiger partial charge in [0.1, 0.15) is 5.84 Å². The molecule has 10 aromatic carbocycles. The molecule has 338 valence electrons. The summed E-state index contributed by atoms with van der Waals surface area (Å²) in [6.07, 6.45) is 3.69. The van der Waals surface area contributed by atoms with E-state index in [1.54, 1.807) is 0 Å².